The average molecular weight is 295 g/mol. The standard InChI is InChI=1S/C19H21NO2/c1-14-7-5-6-10-16(14)17(21)13-20-18(22)19(11-12-19)15-8-3-2-4-9-15/h2-10,17,21H,11-13H2,1H3,(H,20,22)/t17-/m1/s1. The molecule has 3 rings (SSSR count). The number of amides is 1. The Morgan fingerprint density at radius 3 is 2.41 bits per heavy atom. The fraction of sp³-hybridized carbons (Fsp3) is 0.316. The molecular weight excluding hydrogens is 274 g/mol. The van der Waals surface area contributed by atoms with Crippen molar-refractivity contribution in [1.29, 1.82) is 0 Å². The maximum atomic E-state index is 12.5. The summed E-state index contributed by atoms with van der Waals surface area (Å²) in [5, 5.41) is 13.2. The zero-order valence-electron chi connectivity index (χ0n) is 12.8. The van der Waals surface area contributed by atoms with Crippen LogP contribution in [0.5, 0.6) is 0 Å². The first-order valence-corrected chi connectivity index (χ1v) is 7.71. The number of carbonyl (C=O) groups excluding carboxylic acids is 1. The molecule has 3 nitrogen and oxygen atoms in total. The Bertz CT molecular complexity index is 662. The van der Waals surface area contributed by atoms with Crippen molar-refractivity contribution in [2.45, 2.75) is 31.3 Å². The van der Waals surface area contributed by atoms with E-state index in [1.54, 1.807) is 0 Å². The summed E-state index contributed by atoms with van der Waals surface area (Å²) < 4.78 is 0. The molecule has 0 aromatic heterocycles. The van der Waals surface area contributed by atoms with Crippen molar-refractivity contribution in [2.75, 3.05) is 6.54 Å². The molecule has 2 aromatic carbocycles. The second-order valence-electron chi connectivity index (χ2n) is 6.03. The first-order valence-electron chi connectivity index (χ1n) is 7.71. The molecule has 0 saturated heterocycles. The quantitative estimate of drug-likeness (QED) is 0.891. The zero-order valence-corrected chi connectivity index (χ0v) is 12.8. The van der Waals surface area contributed by atoms with Gasteiger partial charge in [-0.15, -0.1) is 0 Å². The molecule has 0 unspecified atom stereocenters. The van der Waals surface area contributed by atoms with Gasteiger partial charge in [0.25, 0.3) is 0 Å². The lowest BCUT2D eigenvalue weighted by Gasteiger charge is -2.19. The van der Waals surface area contributed by atoms with E-state index in [-0.39, 0.29) is 17.9 Å². The third kappa shape index (κ3) is 2.77. The van der Waals surface area contributed by atoms with Gasteiger partial charge in [-0.2, -0.15) is 0 Å². The Morgan fingerprint density at radius 2 is 1.77 bits per heavy atom. The van der Waals surface area contributed by atoms with Gasteiger partial charge in [-0.25, -0.2) is 0 Å². The van der Waals surface area contributed by atoms with Gasteiger partial charge in [0.05, 0.1) is 11.5 Å². The van der Waals surface area contributed by atoms with Gasteiger partial charge in [0, 0.05) is 6.54 Å². The van der Waals surface area contributed by atoms with Gasteiger partial charge in [-0.1, -0.05) is 54.6 Å². The van der Waals surface area contributed by atoms with Crippen molar-refractivity contribution in [3.8, 4) is 0 Å². The molecule has 1 atom stereocenters. The molecule has 22 heavy (non-hydrogen) atoms. The highest BCUT2D eigenvalue weighted by Gasteiger charge is 2.51. The number of hydrogen-bond donors (Lipinski definition) is 2. The van der Waals surface area contributed by atoms with Crippen LogP contribution in [0, 0.1) is 6.92 Å². The molecule has 0 bridgehead atoms. The Kier molecular flexibility index (Phi) is 3.99. The molecule has 2 aromatic rings. The highest BCUT2D eigenvalue weighted by Crippen LogP contribution is 2.48. The van der Waals surface area contributed by atoms with E-state index in [2.05, 4.69) is 5.32 Å². The van der Waals surface area contributed by atoms with Crippen LogP contribution in [-0.2, 0) is 10.2 Å². The summed E-state index contributed by atoms with van der Waals surface area (Å²) in [7, 11) is 0. The van der Waals surface area contributed by atoms with Crippen molar-refractivity contribution >= 4 is 5.91 Å². The zero-order chi connectivity index (χ0) is 15.6. The summed E-state index contributed by atoms with van der Waals surface area (Å²) >= 11 is 0. The minimum absolute atomic E-state index is 0.0198. The van der Waals surface area contributed by atoms with Gasteiger partial charge >= 0.3 is 0 Å². The van der Waals surface area contributed by atoms with Crippen LogP contribution < -0.4 is 5.32 Å². The van der Waals surface area contributed by atoms with E-state index in [0.717, 1.165) is 29.5 Å². The second kappa shape index (κ2) is 5.93. The van der Waals surface area contributed by atoms with Gasteiger partial charge in [-0.3, -0.25) is 4.79 Å². The van der Waals surface area contributed by atoms with Crippen molar-refractivity contribution in [3.05, 3.63) is 71.3 Å². The van der Waals surface area contributed by atoms with Gasteiger partial charge in [0.2, 0.25) is 5.91 Å². The Morgan fingerprint density at radius 1 is 1.14 bits per heavy atom. The summed E-state index contributed by atoms with van der Waals surface area (Å²) in [5.41, 5.74) is 2.59. The molecule has 1 aliphatic rings. The number of aliphatic hydroxyl groups is 1. The van der Waals surface area contributed by atoms with Crippen LogP contribution in [0.4, 0.5) is 0 Å². The normalized spacial score (nSPS) is 16.8. The molecule has 1 aliphatic carbocycles. The number of aryl methyl sites for hydroxylation is 1. The van der Waals surface area contributed by atoms with E-state index in [1.165, 1.54) is 0 Å². The van der Waals surface area contributed by atoms with Crippen molar-refractivity contribution < 1.29 is 9.90 Å². The predicted molar refractivity (Wildman–Crippen MR) is 86.5 cm³/mol. The van der Waals surface area contributed by atoms with Crippen molar-refractivity contribution in [1.82, 2.24) is 5.32 Å². The topological polar surface area (TPSA) is 49.3 Å². The van der Waals surface area contributed by atoms with E-state index in [9.17, 15) is 9.90 Å². The van der Waals surface area contributed by atoms with Crippen LogP contribution in [0.25, 0.3) is 0 Å². The third-order valence-electron chi connectivity index (χ3n) is 4.51. The lowest BCUT2D eigenvalue weighted by Crippen LogP contribution is -2.37. The number of rotatable bonds is 5. The molecule has 0 aliphatic heterocycles. The predicted octanol–water partition coefficient (Wildman–Crippen LogP) is 2.88. The summed E-state index contributed by atoms with van der Waals surface area (Å²) in [6.45, 7) is 2.21. The molecule has 0 heterocycles. The minimum atomic E-state index is -0.670. The molecule has 2 N–H and O–H groups in total. The van der Waals surface area contributed by atoms with Crippen LogP contribution in [0.2, 0.25) is 0 Å². The van der Waals surface area contributed by atoms with Crippen LogP contribution in [-0.4, -0.2) is 17.6 Å². The molecule has 3 heteroatoms. The number of benzene rings is 2. The first-order chi connectivity index (χ1) is 10.6. The molecule has 114 valence electrons. The SMILES string of the molecule is Cc1ccccc1[C@H](O)CNC(=O)C1(c2ccccc2)CC1. The van der Waals surface area contributed by atoms with Crippen molar-refractivity contribution in [2.24, 2.45) is 0 Å². The minimum Gasteiger partial charge on any atom is -0.387 e. The Hall–Kier alpha value is -2.13. The van der Waals surface area contributed by atoms with Crippen LogP contribution in [0.3, 0.4) is 0 Å². The number of nitrogens with one attached hydrogen (secondary N) is 1. The van der Waals surface area contributed by atoms with Crippen molar-refractivity contribution in [3.63, 3.8) is 0 Å². The molecule has 1 fully saturated rings. The van der Waals surface area contributed by atoms with E-state index >= 15 is 0 Å². The monoisotopic (exact) mass is 295 g/mol. The molecule has 0 spiro atoms. The Labute approximate surface area is 131 Å². The van der Waals surface area contributed by atoms with Gasteiger partial charge in [0.1, 0.15) is 0 Å². The van der Waals surface area contributed by atoms with Gasteiger partial charge in [-0.05, 0) is 36.5 Å². The highest BCUT2D eigenvalue weighted by molar-refractivity contribution is 5.91. The molecular formula is C19H21NO2. The molecule has 1 amide bonds. The van der Waals surface area contributed by atoms with Crippen LogP contribution in [0.15, 0.2) is 54.6 Å². The average Bonchev–Trinajstić information content (AvgIpc) is 3.35. The largest absolute Gasteiger partial charge is 0.387 e. The van der Waals surface area contributed by atoms with E-state index in [1.807, 2.05) is 61.5 Å². The second-order valence-corrected chi connectivity index (χ2v) is 6.03. The third-order valence-corrected chi connectivity index (χ3v) is 4.51. The molecule has 0 radical (unpaired) electrons. The highest BCUT2D eigenvalue weighted by atomic mass is 16.3. The fourth-order valence-electron chi connectivity index (χ4n) is 2.96. The summed E-state index contributed by atoms with van der Waals surface area (Å²) in [6.07, 6.45) is 1.09. The lowest BCUT2D eigenvalue weighted by molar-refractivity contribution is -0.124. The lowest BCUT2D eigenvalue weighted by atomic mass is 9.95. The summed E-state index contributed by atoms with van der Waals surface area (Å²) in [6, 6.07) is 17.6. The van der Waals surface area contributed by atoms with E-state index < -0.39 is 6.10 Å². The Balaban J connectivity index is 1.65. The van der Waals surface area contributed by atoms with E-state index in [0.29, 0.717) is 0 Å². The fourth-order valence-corrected chi connectivity index (χ4v) is 2.96. The van der Waals surface area contributed by atoms with E-state index in [4.69, 9.17) is 0 Å². The van der Waals surface area contributed by atoms with Gasteiger partial charge in [0.15, 0.2) is 0 Å². The molecule has 1 saturated carbocycles. The number of hydrogen-bond acceptors (Lipinski definition) is 2. The number of aliphatic hydroxyl groups excluding tert-OH is 1. The smallest absolute Gasteiger partial charge is 0.230 e. The summed E-state index contributed by atoms with van der Waals surface area (Å²) in [4.78, 5) is 12.5. The first kappa shape index (κ1) is 14.8. The van der Waals surface area contributed by atoms with Crippen LogP contribution in [0.1, 0.15) is 35.6 Å². The maximum absolute atomic E-state index is 12.5. The van der Waals surface area contributed by atoms with Crippen LogP contribution >= 0.6 is 0 Å². The summed E-state index contributed by atoms with van der Waals surface area (Å²) in [5.74, 6) is 0.0198. The van der Waals surface area contributed by atoms with Gasteiger partial charge < -0.3 is 10.4 Å². The number of carbonyl (C=O) groups is 1. The maximum Gasteiger partial charge on any atom is 0.230 e.